The van der Waals surface area contributed by atoms with Gasteiger partial charge in [-0.25, -0.2) is 0 Å². The van der Waals surface area contributed by atoms with Gasteiger partial charge in [-0.05, 0) is 35.0 Å². The van der Waals surface area contributed by atoms with E-state index in [1.54, 1.807) is 6.07 Å². The van der Waals surface area contributed by atoms with Crippen molar-refractivity contribution in [1.82, 2.24) is 0 Å². The van der Waals surface area contributed by atoms with Crippen LogP contribution in [0.5, 0.6) is 0 Å². The monoisotopic (exact) mass is 287 g/mol. The molecule has 0 spiro atoms. The van der Waals surface area contributed by atoms with Gasteiger partial charge >= 0.3 is 0 Å². The van der Waals surface area contributed by atoms with Gasteiger partial charge in [0.05, 0.1) is 11.3 Å². The van der Waals surface area contributed by atoms with Crippen molar-refractivity contribution >= 4 is 56.3 Å². The van der Waals surface area contributed by atoms with Gasteiger partial charge < -0.3 is 5.32 Å². The van der Waals surface area contributed by atoms with Crippen LogP contribution in [-0.2, 0) is 0 Å². The number of amides is 1. The SMILES string of the molecule is O=C1Nc2cc(Cl)cc3c2c1cc1cccc(Cl)c13. The fraction of sp³-hybridized carbons (Fsp3) is 0. The van der Waals surface area contributed by atoms with Crippen LogP contribution >= 0.6 is 23.2 Å². The van der Waals surface area contributed by atoms with Crippen molar-refractivity contribution in [3.63, 3.8) is 0 Å². The Hall–Kier alpha value is -1.77. The molecule has 1 aliphatic heterocycles. The first-order valence-corrected chi connectivity index (χ1v) is 6.56. The largest absolute Gasteiger partial charge is 0.321 e. The second-order valence-corrected chi connectivity index (χ2v) is 5.44. The number of fused-ring (bicyclic) bond motifs is 2. The van der Waals surface area contributed by atoms with Crippen LogP contribution in [0.1, 0.15) is 10.4 Å². The van der Waals surface area contributed by atoms with Crippen molar-refractivity contribution in [2.75, 3.05) is 5.32 Å². The van der Waals surface area contributed by atoms with Crippen LogP contribution in [0, 0.1) is 0 Å². The summed E-state index contributed by atoms with van der Waals surface area (Å²) in [5, 5.41) is 7.78. The van der Waals surface area contributed by atoms with E-state index in [2.05, 4.69) is 5.32 Å². The fourth-order valence-corrected chi connectivity index (χ4v) is 3.24. The van der Waals surface area contributed by atoms with E-state index in [1.807, 2.05) is 30.3 Å². The van der Waals surface area contributed by atoms with Gasteiger partial charge in [-0.15, -0.1) is 0 Å². The Morgan fingerprint density at radius 1 is 1.00 bits per heavy atom. The van der Waals surface area contributed by atoms with E-state index < -0.39 is 0 Å². The lowest BCUT2D eigenvalue weighted by molar-refractivity contribution is 0.103. The highest BCUT2D eigenvalue weighted by molar-refractivity contribution is 6.41. The molecule has 1 aliphatic rings. The molecule has 92 valence electrons. The van der Waals surface area contributed by atoms with E-state index in [9.17, 15) is 4.79 Å². The van der Waals surface area contributed by atoms with Gasteiger partial charge in [-0.1, -0.05) is 35.3 Å². The van der Waals surface area contributed by atoms with E-state index in [0.29, 0.717) is 15.6 Å². The molecule has 0 atom stereocenters. The highest BCUT2D eigenvalue weighted by Crippen LogP contribution is 2.41. The Bertz CT molecular complexity index is 886. The van der Waals surface area contributed by atoms with Gasteiger partial charge in [0.1, 0.15) is 0 Å². The van der Waals surface area contributed by atoms with Crippen molar-refractivity contribution in [3.8, 4) is 0 Å². The summed E-state index contributed by atoms with van der Waals surface area (Å²) in [6, 6.07) is 11.2. The quantitative estimate of drug-likeness (QED) is 0.588. The zero-order chi connectivity index (χ0) is 13.1. The molecular formula is C15H7Cl2NO. The Morgan fingerprint density at radius 2 is 1.84 bits per heavy atom. The van der Waals surface area contributed by atoms with Crippen molar-refractivity contribution in [3.05, 3.63) is 52.0 Å². The number of carbonyl (C=O) groups excluding carboxylic acids is 1. The number of carbonyl (C=O) groups is 1. The molecule has 0 saturated heterocycles. The molecule has 0 fully saturated rings. The first-order chi connectivity index (χ1) is 9.15. The first-order valence-electron chi connectivity index (χ1n) is 5.81. The normalized spacial score (nSPS) is 13.3. The molecule has 4 heteroatoms. The number of hydrogen-bond donors (Lipinski definition) is 1. The van der Waals surface area contributed by atoms with Crippen LogP contribution in [-0.4, -0.2) is 5.91 Å². The summed E-state index contributed by atoms with van der Waals surface area (Å²) in [7, 11) is 0. The molecule has 19 heavy (non-hydrogen) atoms. The standard InChI is InChI=1S/C15H7Cl2NO/c16-8-5-9-13-7(2-1-3-11(13)17)4-10-14(9)12(6-8)18-15(10)19/h1-6H,(H,18,19). The molecule has 1 amide bonds. The van der Waals surface area contributed by atoms with Gasteiger partial charge in [0.25, 0.3) is 5.91 Å². The van der Waals surface area contributed by atoms with Crippen molar-refractivity contribution < 1.29 is 4.79 Å². The molecule has 0 aliphatic carbocycles. The summed E-state index contributed by atoms with van der Waals surface area (Å²) < 4.78 is 0. The summed E-state index contributed by atoms with van der Waals surface area (Å²) >= 11 is 12.4. The molecule has 4 rings (SSSR count). The zero-order valence-electron chi connectivity index (χ0n) is 9.63. The minimum atomic E-state index is -0.0934. The lowest BCUT2D eigenvalue weighted by atomic mass is 9.98. The van der Waals surface area contributed by atoms with Crippen LogP contribution in [0.2, 0.25) is 10.0 Å². The van der Waals surface area contributed by atoms with Crippen molar-refractivity contribution in [1.29, 1.82) is 0 Å². The van der Waals surface area contributed by atoms with Gasteiger partial charge in [-0.2, -0.15) is 0 Å². The minimum absolute atomic E-state index is 0.0934. The van der Waals surface area contributed by atoms with Crippen LogP contribution < -0.4 is 5.32 Å². The maximum absolute atomic E-state index is 12.0. The molecule has 3 aromatic carbocycles. The lowest BCUT2D eigenvalue weighted by Gasteiger charge is -2.07. The third kappa shape index (κ3) is 1.41. The van der Waals surface area contributed by atoms with Gasteiger partial charge in [0, 0.05) is 20.8 Å². The minimum Gasteiger partial charge on any atom is -0.321 e. The highest BCUT2D eigenvalue weighted by atomic mass is 35.5. The smallest absolute Gasteiger partial charge is 0.256 e. The molecule has 2 nitrogen and oxygen atoms in total. The Kier molecular flexibility index (Phi) is 2.12. The van der Waals surface area contributed by atoms with Crippen LogP contribution in [0.25, 0.3) is 21.5 Å². The highest BCUT2D eigenvalue weighted by Gasteiger charge is 2.24. The Morgan fingerprint density at radius 3 is 2.68 bits per heavy atom. The van der Waals surface area contributed by atoms with Gasteiger partial charge in [-0.3, -0.25) is 4.79 Å². The summed E-state index contributed by atoms with van der Waals surface area (Å²) in [6.07, 6.45) is 0. The Balaban J connectivity index is 2.37. The van der Waals surface area contributed by atoms with Gasteiger partial charge in [0.15, 0.2) is 0 Å². The van der Waals surface area contributed by atoms with Crippen molar-refractivity contribution in [2.45, 2.75) is 0 Å². The third-order valence-electron chi connectivity index (χ3n) is 3.48. The average Bonchev–Trinajstić information content (AvgIpc) is 2.66. The summed E-state index contributed by atoms with van der Waals surface area (Å²) in [5.74, 6) is -0.0934. The number of nitrogens with one attached hydrogen (secondary N) is 1. The second-order valence-electron chi connectivity index (χ2n) is 4.59. The molecule has 0 saturated carbocycles. The number of benzene rings is 3. The molecular weight excluding hydrogens is 281 g/mol. The molecule has 0 radical (unpaired) electrons. The maximum atomic E-state index is 12.0. The summed E-state index contributed by atoms with van der Waals surface area (Å²) in [5.41, 5.74) is 1.43. The fourth-order valence-electron chi connectivity index (χ4n) is 2.73. The molecule has 1 N–H and O–H groups in total. The summed E-state index contributed by atoms with van der Waals surface area (Å²) in [6.45, 7) is 0. The summed E-state index contributed by atoms with van der Waals surface area (Å²) in [4.78, 5) is 12.0. The van der Waals surface area contributed by atoms with Gasteiger partial charge in [0.2, 0.25) is 0 Å². The average molecular weight is 288 g/mol. The van der Waals surface area contributed by atoms with E-state index in [1.165, 1.54) is 0 Å². The third-order valence-corrected chi connectivity index (χ3v) is 4.01. The van der Waals surface area contributed by atoms with Crippen LogP contribution in [0.3, 0.4) is 0 Å². The predicted molar refractivity (Wildman–Crippen MR) is 79.4 cm³/mol. The number of rotatable bonds is 0. The molecule has 0 unspecified atom stereocenters. The van der Waals surface area contributed by atoms with Crippen molar-refractivity contribution in [2.24, 2.45) is 0 Å². The number of halogens is 2. The van der Waals surface area contributed by atoms with Crippen LogP contribution in [0.15, 0.2) is 36.4 Å². The Labute approximate surface area is 118 Å². The first kappa shape index (κ1) is 11.1. The molecule has 3 aromatic rings. The zero-order valence-corrected chi connectivity index (χ0v) is 11.1. The molecule has 1 heterocycles. The van der Waals surface area contributed by atoms with E-state index in [-0.39, 0.29) is 5.91 Å². The second kappa shape index (κ2) is 3.62. The van der Waals surface area contributed by atoms with E-state index in [0.717, 1.165) is 27.2 Å². The lowest BCUT2D eigenvalue weighted by Crippen LogP contribution is -2.03. The number of anilines is 1. The predicted octanol–water partition coefficient (Wildman–Crippen LogP) is 4.87. The van der Waals surface area contributed by atoms with E-state index in [4.69, 9.17) is 23.2 Å². The maximum Gasteiger partial charge on any atom is 0.256 e. The van der Waals surface area contributed by atoms with E-state index >= 15 is 0 Å². The number of hydrogen-bond acceptors (Lipinski definition) is 1. The topological polar surface area (TPSA) is 29.1 Å². The molecule has 0 bridgehead atoms. The van der Waals surface area contributed by atoms with Crippen LogP contribution in [0.4, 0.5) is 5.69 Å². The molecule has 0 aromatic heterocycles.